The van der Waals surface area contributed by atoms with Crippen molar-refractivity contribution in [2.24, 2.45) is 17.6 Å². The Morgan fingerprint density at radius 2 is 2.06 bits per heavy atom. The molecule has 0 radical (unpaired) electrons. The van der Waals surface area contributed by atoms with Crippen molar-refractivity contribution >= 4 is 0 Å². The van der Waals surface area contributed by atoms with Gasteiger partial charge in [0.25, 0.3) is 0 Å². The van der Waals surface area contributed by atoms with Gasteiger partial charge in [0.1, 0.15) is 0 Å². The second kappa shape index (κ2) is 6.36. The van der Waals surface area contributed by atoms with Gasteiger partial charge in [0.15, 0.2) is 0 Å². The van der Waals surface area contributed by atoms with E-state index in [1.807, 2.05) is 0 Å². The summed E-state index contributed by atoms with van der Waals surface area (Å²) in [6.07, 6.45) is 5.58. The monoisotopic (exact) mass is 254 g/mol. The zero-order chi connectivity index (χ0) is 13.1. The van der Waals surface area contributed by atoms with Crippen molar-refractivity contribution in [3.05, 3.63) is 0 Å². The molecule has 0 aromatic carbocycles. The van der Waals surface area contributed by atoms with Crippen LogP contribution in [-0.2, 0) is 4.74 Å². The SMILES string of the molecule is CCC1CCC(N)C(CN2CC(C)OCC2C)C1. The van der Waals surface area contributed by atoms with Gasteiger partial charge in [0.2, 0.25) is 0 Å². The maximum Gasteiger partial charge on any atom is 0.0674 e. The Bertz CT molecular complexity index is 259. The van der Waals surface area contributed by atoms with Crippen molar-refractivity contribution in [3.63, 3.8) is 0 Å². The Balaban J connectivity index is 1.89. The molecule has 1 aliphatic heterocycles. The summed E-state index contributed by atoms with van der Waals surface area (Å²) < 4.78 is 5.71. The number of nitrogens with zero attached hydrogens (tertiary/aromatic N) is 1. The zero-order valence-corrected chi connectivity index (χ0v) is 12.3. The van der Waals surface area contributed by atoms with E-state index < -0.39 is 0 Å². The fraction of sp³-hybridized carbons (Fsp3) is 1.00. The Morgan fingerprint density at radius 1 is 1.28 bits per heavy atom. The van der Waals surface area contributed by atoms with Crippen molar-refractivity contribution in [1.29, 1.82) is 0 Å². The van der Waals surface area contributed by atoms with Crippen molar-refractivity contribution < 1.29 is 4.74 Å². The van der Waals surface area contributed by atoms with E-state index in [9.17, 15) is 0 Å². The summed E-state index contributed by atoms with van der Waals surface area (Å²) in [7, 11) is 0. The molecule has 2 fully saturated rings. The highest BCUT2D eigenvalue weighted by Gasteiger charge is 2.31. The third-order valence-electron chi connectivity index (χ3n) is 4.93. The highest BCUT2D eigenvalue weighted by molar-refractivity contribution is 4.86. The lowest BCUT2D eigenvalue weighted by molar-refractivity contribution is -0.0577. The van der Waals surface area contributed by atoms with Crippen molar-refractivity contribution in [2.45, 2.75) is 64.6 Å². The van der Waals surface area contributed by atoms with Crippen LogP contribution < -0.4 is 5.73 Å². The van der Waals surface area contributed by atoms with Crippen LogP contribution in [0.5, 0.6) is 0 Å². The molecule has 106 valence electrons. The molecule has 3 heteroatoms. The van der Waals surface area contributed by atoms with Crippen LogP contribution in [0, 0.1) is 11.8 Å². The van der Waals surface area contributed by atoms with Gasteiger partial charge >= 0.3 is 0 Å². The second-order valence-electron chi connectivity index (χ2n) is 6.46. The molecule has 0 aromatic rings. The molecular formula is C15H30N2O. The maximum atomic E-state index is 6.34. The van der Waals surface area contributed by atoms with Crippen LogP contribution in [0.4, 0.5) is 0 Å². The van der Waals surface area contributed by atoms with E-state index in [1.165, 1.54) is 32.2 Å². The zero-order valence-electron chi connectivity index (χ0n) is 12.3. The molecule has 0 amide bonds. The Kier molecular flexibility index (Phi) is 5.05. The summed E-state index contributed by atoms with van der Waals surface area (Å²) >= 11 is 0. The van der Waals surface area contributed by atoms with E-state index in [0.29, 0.717) is 24.1 Å². The van der Waals surface area contributed by atoms with Gasteiger partial charge in [-0.1, -0.05) is 13.3 Å². The number of morpholine rings is 1. The molecule has 18 heavy (non-hydrogen) atoms. The van der Waals surface area contributed by atoms with E-state index >= 15 is 0 Å². The van der Waals surface area contributed by atoms with Crippen LogP contribution in [0.15, 0.2) is 0 Å². The van der Waals surface area contributed by atoms with E-state index in [1.54, 1.807) is 0 Å². The van der Waals surface area contributed by atoms with Gasteiger partial charge in [-0.3, -0.25) is 4.90 Å². The number of hydrogen-bond acceptors (Lipinski definition) is 3. The minimum Gasteiger partial charge on any atom is -0.376 e. The lowest BCUT2D eigenvalue weighted by Gasteiger charge is -2.42. The molecule has 0 bridgehead atoms. The second-order valence-corrected chi connectivity index (χ2v) is 6.46. The first-order chi connectivity index (χ1) is 8.60. The van der Waals surface area contributed by atoms with Crippen LogP contribution >= 0.6 is 0 Å². The third kappa shape index (κ3) is 3.46. The normalized spacial score (nSPS) is 43.0. The number of hydrogen-bond donors (Lipinski definition) is 1. The Hall–Kier alpha value is -0.120. The summed E-state index contributed by atoms with van der Waals surface area (Å²) in [4.78, 5) is 2.59. The summed E-state index contributed by atoms with van der Waals surface area (Å²) in [6, 6.07) is 0.966. The molecule has 0 aromatic heterocycles. The predicted octanol–water partition coefficient (Wildman–Crippen LogP) is 2.25. The lowest BCUT2D eigenvalue weighted by Crippen LogP contribution is -2.52. The molecule has 2 aliphatic rings. The van der Waals surface area contributed by atoms with E-state index in [2.05, 4.69) is 25.7 Å². The quantitative estimate of drug-likeness (QED) is 0.839. The van der Waals surface area contributed by atoms with Crippen LogP contribution in [0.2, 0.25) is 0 Å². The van der Waals surface area contributed by atoms with Crippen LogP contribution in [0.1, 0.15) is 46.5 Å². The average Bonchev–Trinajstić information content (AvgIpc) is 2.36. The molecule has 1 heterocycles. The molecule has 1 saturated carbocycles. The van der Waals surface area contributed by atoms with E-state index in [-0.39, 0.29) is 0 Å². The molecule has 2 rings (SSSR count). The summed E-state index contributed by atoms with van der Waals surface area (Å²) in [6.45, 7) is 9.89. The van der Waals surface area contributed by atoms with Gasteiger partial charge < -0.3 is 10.5 Å². The molecule has 5 atom stereocenters. The highest BCUT2D eigenvalue weighted by atomic mass is 16.5. The molecule has 5 unspecified atom stereocenters. The van der Waals surface area contributed by atoms with Crippen molar-refractivity contribution in [2.75, 3.05) is 19.7 Å². The largest absolute Gasteiger partial charge is 0.376 e. The predicted molar refractivity (Wildman–Crippen MR) is 75.5 cm³/mol. The summed E-state index contributed by atoms with van der Waals surface area (Å²) in [5.74, 6) is 1.60. The topological polar surface area (TPSA) is 38.5 Å². The molecule has 0 spiro atoms. The first-order valence-corrected chi connectivity index (χ1v) is 7.71. The van der Waals surface area contributed by atoms with Crippen molar-refractivity contribution in [1.82, 2.24) is 4.90 Å². The minimum atomic E-state index is 0.378. The number of rotatable bonds is 3. The first-order valence-electron chi connectivity index (χ1n) is 7.71. The van der Waals surface area contributed by atoms with Crippen LogP contribution in [0.3, 0.4) is 0 Å². The average molecular weight is 254 g/mol. The highest BCUT2D eigenvalue weighted by Crippen LogP contribution is 2.31. The van der Waals surface area contributed by atoms with Crippen LogP contribution in [-0.4, -0.2) is 42.8 Å². The fourth-order valence-corrected chi connectivity index (χ4v) is 3.49. The van der Waals surface area contributed by atoms with Gasteiger partial charge in [0, 0.05) is 25.2 Å². The third-order valence-corrected chi connectivity index (χ3v) is 4.93. The minimum absolute atomic E-state index is 0.378. The van der Waals surface area contributed by atoms with E-state index in [0.717, 1.165) is 19.1 Å². The van der Waals surface area contributed by atoms with Gasteiger partial charge in [0.05, 0.1) is 12.7 Å². The maximum absolute atomic E-state index is 6.34. The Morgan fingerprint density at radius 3 is 2.78 bits per heavy atom. The number of ether oxygens (including phenoxy) is 1. The fourth-order valence-electron chi connectivity index (χ4n) is 3.49. The van der Waals surface area contributed by atoms with Crippen molar-refractivity contribution in [3.8, 4) is 0 Å². The lowest BCUT2D eigenvalue weighted by atomic mass is 9.77. The summed E-state index contributed by atoms with van der Waals surface area (Å²) in [5.41, 5.74) is 6.34. The van der Waals surface area contributed by atoms with Gasteiger partial charge in [-0.05, 0) is 44.9 Å². The van der Waals surface area contributed by atoms with Gasteiger partial charge in [-0.25, -0.2) is 0 Å². The number of nitrogens with two attached hydrogens (primary N) is 1. The molecule has 1 saturated heterocycles. The molecular weight excluding hydrogens is 224 g/mol. The summed E-state index contributed by atoms with van der Waals surface area (Å²) in [5, 5.41) is 0. The Labute approximate surface area is 112 Å². The van der Waals surface area contributed by atoms with Gasteiger partial charge in [-0.15, -0.1) is 0 Å². The van der Waals surface area contributed by atoms with Crippen LogP contribution in [0.25, 0.3) is 0 Å². The standard InChI is InChI=1S/C15H30N2O/c1-4-13-5-6-15(16)14(7-13)9-17-8-12(3)18-10-11(17)2/h11-15H,4-10,16H2,1-3H3. The molecule has 2 N–H and O–H groups in total. The smallest absolute Gasteiger partial charge is 0.0674 e. The molecule has 3 nitrogen and oxygen atoms in total. The van der Waals surface area contributed by atoms with E-state index in [4.69, 9.17) is 10.5 Å². The molecule has 1 aliphatic carbocycles. The van der Waals surface area contributed by atoms with Gasteiger partial charge in [-0.2, -0.15) is 0 Å². The first kappa shape index (κ1) is 14.3.